The molecule has 3 heteroatoms. The minimum Gasteiger partial charge on any atom is -0.305 e. The van der Waals surface area contributed by atoms with Gasteiger partial charge in [0.1, 0.15) is 5.01 Å². The van der Waals surface area contributed by atoms with E-state index < -0.39 is 0 Å². The van der Waals surface area contributed by atoms with E-state index in [1.54, 1.807) is 0 Å². The average molecular weight is 266 g/mol. The number of aromatic nitrogens is 1. The Bertz CT molecular complexity index is 374. The molecule has 0 bridgehead atoms. The van der Waals surface area contributed by atoms with E-state index in [1.807, 2.05) is 11.3 Å². The third-order valence-electron chi connectivity index (χ3n) is 3.45. The predicted molar refractivity (Wildman–Crippen MR) is 79.2 cm³/mol. The Balaban J connectivity index is 2.05. The SMILES string of the molecule is CCCCC(NC1CC1)c1nc(C(C)(C)C)cs1. The predicted octanol–water partition coefficient (Wildman–Crippen LogP) is 4.42. The molecule has 1 unspecified atom stereocenters. The molecule has 1 saturated carbocycles. The Morgan fingerprint density at radius 1 is 1.44 bits per heavy atom. The fourth-order valence-electron chi connectivity index (χ4n) is 2.01. The molecule has 0 saturated heterocycles. The van der Waals surface area contributed by atoms with E-state index in [0.717, 1.165) is 6.04 Å². The second kappa shape index (κ2) is 5.70. The van der Waals surface area contributed by atoms with Gasteiger partial charge in [-0.25, -0.2) is 4.98 Å². The van der Waals surface area contributed by atoms with Gasteiger partial charge in [0.2, 0.25) is 0 Å². The minimum absolute atomic E-state index is 0.170. The summed E-state index contributed by atoms with van der Waals surface area (Å²) in [5, 5.41) is 7.29. The van der Waals surface area contributed by atoms with Crippen LogP contribution in [0.3, 0.4) is 0 Å². The highest BCUT2D eigenvalue weighted by molar-refractivity contribution is 7.09. The number of unbranched alkanes of at least 4 members (excludes halogenated alkanes) is 1. The van der Waals surface area contributed by atoms with Gasteiger partial charge in [0.25, 0.3) is 0 Å². The standard InChI is InChI=1S/C15H26N2S/c1-5-6-7-12(16-11-8-9-11)14-17-13(10-18-14)15(2,3)4/h10-12,16H,5-9H2,1-4H3. The summed E-state index contributed by atoms with van der Waals surface area (Å²) in [7, 11) is 0. The van der Waals surface area contributed by atoms with Crippen molar-refractivity contribution < 1.29 is 0 Å². The van der Waals surface area contributed by atoms with Crippen LogP contribution in [0.5, 0.6) is 0 Å². The average Bonchev–Trinajstić information content (AvgIpc) is 2.95. The molecule has 2 nitrogen and oxygen atoms in total. The molecule has 1 heterocycles. The van der Waals surface area contributed by atoms with Gasteiger partial charge in [-0.05, 0) is 19.3 Å². The molecular weight excluding hydrogens is 240 g/mol. The van der Waals surface area contributed by atoms with Gasteiger partial charge < -0.3 is 5.32 Å². The van der Waals surface area contributed by atoms with Crippen LogP contribution in [-0.4, -0.2) is 11.0 Å². The maximum atomic E-state index is 4.87. The highest BCUT2D eigenvalue weighted by atomic mass is 32.1. The number of nitrogens with one attached hydrogen (secondary N) is 1. The Kier molecular flexibility index (Phi) is 4.44. The molecule has 0 spiro atoms. The second-order valence-corrected chi connectivity index (χ2v) is 7.35. The van der Waals surface area contributed by atoms with Gasteiger partial charge in [0.15, 0.2) is 0 Å². The summed E-state index contributed by atoms with van der Waals surface area (Å²) in [5.74, 6) is 0. The lowest BCUT2D eigenvalue weighted by atomic mass is 9.93. The quantitative estimate of drug-likeness (QED) is 0.824. The first kappa shape index (κ1) is 14.0. The minimum atomic E-state index is 0.170. The molecule has 1 aliphatic carbocycles. The first-order valence-electron chi connectivity index (χ1n) is 7.22. The van der Waals surface area contributed by atoms with Gasteiger partial charge >= 0.3 is 0 Å². The lowest BCUT2D eigenvalue weighted by Gasteiger charge is -2.17. The summed E-state index contributed by atoms with van der Waals surface area (Å²) in [6.07, 6.45) is 6.47. The first-order valence-corrected chi connectivity index (χ1v) is 8.10. The molecule has 1 N–H and O–H groups in total. The fraction of sp³-hybridized carbons (Fsp3) is 0.800. The third-order valence-corrected chi connectivity index (χ3v) is 4.41. The third kappa shape index (κ3) is 3.79. The Morgan fingerprint density at radius 2 is 2.17 bits per heavy atom. The van der Waals surface area contributed by atoms with E-state index in [4.69, 9.17) is 4.98 Å². The molecule has 0 aromatic carbocycles. The highest BCUT2D eigenvalue weighted by Gasteiger charge is 2.27. The van der Waals surface area contributed by atoms with Gasteiger partial charge in [-0.1, -0.05) is 40.5 Å². The normalized spacial score (nSPS) is 18.0. The lowest BCUT2D eigenvalue weighted by Crippen LogP contribution is -2.23. The summed E-state index contributed by atoms with van der Waals surface area (Å²) in [6, 6.07) is 1.24. The van der Waals surface area contributed by atoms with Crippen molar-refractivity contribution in [2.75, 3.05) is 0 Å². The van der Waals surface area contributed by atoms with Crippen molar-refractivity contribution >= 4 is 11.3 Å². The van der Waals surface area contributed by atoms with Crippen molar-refractivity contribution in [3.8, 4) is 0 Å². The summed E-state index contributed by atoms with van der Waals surface area (Å²) in [4.78, 5) is 4.87. The molecule has 1 fully saturated rings. The molecule has 1 aliphatic rings. The van der Waals surface area contributed by atoms with Gasteiger partial charge in [0.05, 0.1) is 11.7 Å². The smallest absolute Gasteiger partial charge is 0.110 e. The van der Waals surface area contributed by atoms with Crippen LogP contribution in [0.25, 0.3) is 0 Å². The van der Waals surface area contributed by atoms with E-state index in [1.165, 1.54) is 42.8 Å². The molecule has 1 aromatic rings. The monoisotopic (exact) mass is 266 g/mol. The number of thiazole rings is 1. The van der Waals surface area contributed by atoms with Crippen LogP contribution in [0.1, 0.15) is 76.5 Å². The van der Waals surface area contributed by atoms with Gasteiger partial charge in [-0.3, -0.25) is 0 Å². The van der Waals surface area contributed by atoms with Gasteiger partial charge in [0, 0.05) is 16.8 Å². The summed E-state index contributed by atoms with van der Waals surface area (Å²) >= 11 is 1.83. The molecule has 1 aromatic heterocycles. The van der Waals surface area contributed by atoms with Crippen molar-refractivity contribution in [1.29, 1.82) is 0 Å². The first-order chi connectivity index (χ1) is 8.50. The zero-order valence-corrected chi connectivity index (χ0v) is 12.9. The Labute approximate surface area is 115 Å². The van der Waals surface area contributed by atoms with Crippen LogP contribution in [-0.2, 0) is 5.41 Å². The number of rotatable bonds is 6. The summed E-state index contributed by atoms with van der Waals surface area (Å²) in [6.45, 7) is 8.97. The second-order valence-electron chi connectivity index (χ2n) is 6.46. The van der Waals surface area contributed by atoms with Crippen LogP contribution in [0, 0.1) is 0 Å². The lowest BCUT2D eigenvalue weighted by molar-refractivity contribution is 0.472. The van der Waals surface area contributed by atoms with Crippen LogP contribution >= 0.6 is 11.3 Å². The van der Waals surface area contributed by atoms with Crippen molar-refractivity contribution in [3.05, 3.63) is 16.1 Å². The van der Waals surface area contributed by atoms with E-state index in [9.17, 15) is 0 Å². The van der Waals surface area contributed by atoms with Gasteiger partial charge in [-0.15, -0.1) is 11.3 Å². The molecule has 1 atom stereocenters. The largest absolute Gasteiger partial charge is 0.305 e. The van der Waals surface area contributed by atoms with Crippen molar-refractivity contribution in [2.45, 2.75) is 77.3 Å². The molecule has 0 aliphatic heterocycles. The van der Waals surface area contributed by atoms with E-state index in [0.29, 0.717) is 6.04 Å². The van der Waals surface area contributed by atoms with Crippen LogP contribution in [0.15, 0.2) is 5.38 Å². The maximum Gasteiger partial charge on any atom is 0.110 e. The summed E-state index contributed by atoms with van der Waals surface area (Å²) in [5.41, 5.74) is 1.41. The number of hydrogen-bond acceptors (Lipinski definition) is 3. The number of hydrogen-bond donors (Lipinski definition) is 1. The zero-order valence-electron chi connectivity index (χ0n) is 12.1. The Morgan fingerprint density at radius 3 is 2.67 bits per heavy atom. The van der Waals surface area contributed by atoms with Crippen molar-refractivity contribution in [3.63, 3.8) is 0 Å². The van der Waals surface area contributed by atoms with Crippen LogP contribution in [0.2, 0.25) is 0 Å². The molecular formula is C15H26N2S. The zero-order chi connectivity index (χ0) is 13.2. The fourth-order valence-corrected chi connectivity index (χ4v) is 3.15. The van der Waals surface area contributed by atoms with Crippen molar-refractivity contribution in [2.24, 2.45) is 0 Å². The van der Waals surface area contributed by atoms with Crippen LogP contribution in [0.4, 0.5) is 0 Å². The number of nitrogens with zero attached hydrogens (tertiary/aromatic N) is 1. The van der Waals surface area contributed by atoms with E-state index in [2.05, 4.69) is 38.4 Å². The van der Waals surface area contributed by atoms with E-state index >= 15 is 0 Å². The highest BCUT2D eigenvalue weighted by Crippen LogP contribution is 2.31. The molecule has 2 rings (SSSR count). The van der Waals surface area contributed by atoms with Gasteiger partial charge in [-0.2, -0.15) is 0 Å². The topological polar surface area (TPSA) is 24.9 Å². The van der Waals surface area contributed by atoms with Crippen molar-refractivity contribution in [1.82, 2.24) is 10.3 Å². The van der Waals surface area contributed by atoms with Crippen LogP contribution < -0.4 is 5.32 Å². The Hall–Kier alpha value is -0.410. The van der Waals surface area contributed by atoms with E-state index in [-0.39, 0.29) is 5.41 Å². The maximum absolute atomic E-state index is 4.87. The molecule has 18 heavy (non-hydrogen) atoms. The molecule has 102 valence electrons. The summed E-state index contributed by atoms with van der Waals surface area (Å²) < 4.78 is 0. The molecule has 0 amide bonds. The molecule has 0 radical (unpaired) electrons.